The number of aromatic nitrogens is 2. The second-order valence-corrected chi connectivity index (χ2v) is 10.9. The van der Waals surface area contributed by atoms with Gasteiger partial charge in [-0.05, 0) is 49.3 Å². The zero-order valence-electron chi connectivity index (χ0n) is 17.9. The van der Waals surface area contributed by atoms with Gasteiger partial charge in [0.05, 0.1) is 4.90 Å². The van der Waals surface area contributed by atoms with Gasteiger partial charge in [-0.2, -0.15) is 4.98 Å². The van der Waals surface area contributed by atoms with Crippen LogP contribution in [-0.2, 0) is 16.4 Å². The lowest BCUT2D eigenvalue weighted by atomic mass is 9.84. The second kappa shape index (κ2) is 9.60. The van der Waals surface area contributed by atoms with Crippen LogP contribution in [0.1, 0.15) is 93.3 Å². The number of hydrogen-bond acceptors (Lipinski definition) is 5. The first-order valence-electron chi connectivity index (χ1n) is 11.4. The maximum absolute atomic E-state index is 13.0. The molecule has 0 bridgehead atoms. The highest BCUT2D eigenvalue weighted by molar-refractivity contribution is 7.89. The minimum Gasteiger partial charge on any atom is -0.339 e. The average Bonchev–Trinajstić information content (AvgIpc) is 3.28. The first-order valence-corrected chi connectivity index (χ1v) is 12.9. The molecule has 164 valence electrons. The summed E-state index contributed by atoms with van der Waals surface area (Å²) in [4.78, 5) is 4.87. The fraction of sp³-hybridized carbons (Fsp3) is 0.652. The van der Waals surface area contributed by atoms with Crippen LogP contribution in [0.4, 0.5) is 0 Å². The SMILES string of the molecule is CN(CCc1noc(C2CCCCC2)n1)S(=O)(=O)c1ccc(C2CCCCC2)cc1. The van der Waals surface area contributed by atoms with Crippen LogP contribution in [0.25, 0.3) is 0 Å². The number of nitrogens with zero attached hydrogens (tertiary/aromatic N) is 3. The lowest BCUT2D eigenvalue weighted by Gasteiger charge is -2.22. The predicted molar refractivity (Wildman–Crippen MR) is 116 cm³/mol. The number of hydrogen-bond donors (Lipinski definition) is 0. The van der Waals surface area contributed by atoms with Gasteiger partial charge in [0.15, 0.2) is 5.82 Å². The smallest absolute Gasteiger partial charge is 0.242 e. The van der Waals surface area contributed by atoms with E-state index in [1.165, 1.54) is 61.2 Å². The minimum absolute atomic E-state index is 0.330. The molecule has 0 amide bonds. The summed E-state index contributed by atoms with van der Waals surface area (Å²) in [7, 11) is -1.91. The van der Waals surface area contributed by atoms with Crippen LogP contribution >= 0.6 is 0 Å². The van der Waals surface area contributed by atoms with Crippen LogP contribution in [-0.4, -0.2) is 36.5 Å². The quantitative estimate of drug-likeness (QED) is 0.615. The fourth-order valence-corrected chi connectivity index (χ4v) is 5.96. The molecule has 2 aromatic rings. The molecule has 7 heteroatoms. The minimum atomic E-state index is -3.52. The molecule has 2 saturated carbocycles. The van der Waals surface area contributed by atoms with Crippen molar-refractivity contribution in [1.82, 2.24) is 14.4 Å². The average molecular weight is 432 g/mol. The van der Waals surface area contributed by atoms with E-state index in [0.717, 1.165) is 12.8 Å². The van der Waals surface area contributed by atoms with Gasteiger partial charge in [0.1, 0.15) is 0 Å². The molecule has 1 heterocycles. The van der Waals surface area contributed by atoms with Gasteiger partial charge >= 0.3 is 0 Å². The number of likely N-dealkylation sites (N-methyl/N-ethyl adjacent to an activating group) is 1. The van der Waals surface area contributed by atoms with E-state index in [0.29, 0.717) is 41.4 Å². The third-order valence-electron chi connectivity index (χ3n) is 6.75. The molecule has 0 aliphatic heterocycles. The summed E-state index contributed by atoms with van der Waals surface area (Å²) in [6.45, 7) is 0.330. The Hall–Kier alpha value is -1.73. The van der Waals surface area contributed by atoms with Crippen LogP contribution in [0.15, 0.2) is 33.7 Å². The van der Waals surface area contributed by atoms with Crippen LogP contribution in [0.3, 0.4) is 0 Å². The molecule has 2 fully saturated rings. The molecule has 1 aromatic carbocycles. The molecule has 6 nitrogen and oxygen atoms in total. The van der Waals surface area contributed by atoms with Crippen molar-refractivity contribution in [3.8, 4) is 0 Å². The van der Waals surface area contributed by atoms with Crippen molar-refractivity contribution in [3.63, 3.8) is 0 Å². The van der Waals surface area contributed by atoms with E-state index in [-0.39, 0.29) is 0 Å². The lowest BCUT2D eigenvalue weighted by molar-refractivity contribution is 0.311. The summed E-state index contributed by atoms with van der Waals surface area (Å²) in [5.74, 6) is 2.24. The summed E-state index contributed by atoms with van der Waals surface area (Å²) in [5.41, 5.74) is 1.26. The Bertz CT molecular complexity index is 911. The summed E-state index contributed by atoms with van der Waals surface area (Å²) in [5, 5.41) is 4.07. The van der Waals surface area contributed by atoms with Crippen molar-refractivity contribution >= 4 is 10.0 Å². The highest BCUT2D eigenvalue weighted by Gasteiger charge is 2.24. The van der Waals surface area contributed by atoms with E-state index in [1.54, 1.807) is 19.2 Å². The maximum Gasteiger partial charge on any atom is 0.242 e. The van der Waals surface area contributed by atoms with Crippen LogP contribution < -0.4 is 0 Å². The first kappa shape index (κ1) is 21.5. The second-order valence-electron chi connectivity index (χ2n) is 8.86. The Balaban J connectivity index is 1.35. The van der Waals surface area contributed by atoms with Crippen molar-refractivity contribution in [2.75, 3.05) is 13.6 Å². The number of rotatable bonds is 7. The number of sulfonamides is 1. The van der Waals surface area contributed by atoms with E-state index in [1.807, 2.05) is 12.1 Å². The first-order chi connectivity index (χ1) is 14.5. The molecule has 2 aliphatic carbocycles. The van der Waals surface area contributed by atoms with Gasteiger partial charge in [0.2, 0.25) is 15.9 Å². The van der Waals surface area contributed by atoms with Crippen molar-refractivity contribution in [3.05, 3.63) is 41.5 Å². The molecule has 2 aliphatic rings. The van der Waals surface area contributed by atoms with Gasteiger partial charge in [-0.1, -0.05) is 55.8 Å². The predicted octanol–water partition coefficient (Wildman–Crippen LogP) is 5.03. The van der Waals surface area contributed by atoms with Gasteiger partial charge in [-0.25, -0.2) is 12.7 Å². The van der Waals surface area contributed by atoms with E-state index >= 15 is 0 Å². The third kappa shape index (κ3) is 4.94. The molecule has 0 unspecified atom stereocenters. The van der Waals surface area contributed by atoms with Gasteiger partial charge in [-0.3, -0.25) is 0 Å². The third-order valence-corrected chi connectivity index (χ3v) is 8.62. The maximum atomic E-state index is 13.0. The van der Waals surface area contributed by atoms with Crippen molar-refractivity contribution in [2.24, 2.45) is 0 Å². The van der Waals surface area contributed by atoms with Crippen molar-refractivity contribution < 1.29 is 12.9 Å². The zero-order valence-corrected chi connectivity index (χ0v) is 18.7. The van der Waals surface area contributed by atoms with E-state index in [2.05, 4.69) is 10.1 Å². The van der Waals surface area contributed by atoms with Gasteiger partial charge in [0.25, 0.3) is 0 Å². The molecule has 4 rings (SSSR count). The summed E-state index contributed by atoms with van der Waals surface area (Å²) < 4.78 is 32.7. The van der Waals surface area contributed by atoms with Crippen LogP contribution in [0.2, 0.25) is 0 Å². The Morgan fingerprint density at radius 3 is 2.17 bits per heavy atom. The van der Waals surface area contributed by atoms with Crippen molar-refractivity contribution in [1.29, 1.82) is 0 Å². The summed E-state index contributed by atoms with van der Waals surface area (Å²) in [6, 6.07) is 7.50. The fourth-order valence-electron chi connectivity index (χ4n) is 4.79. The molecular formula is C23H33N3O3S. The molecule has 0 N–H and O–H groups in total. The van der Waals surface area contributed by atoms with E-state index < -0.39 is 10.0 Å². The Labute approximate surface area is 180 Å². The standard InChI is InChI=1S/C23H33N3O3S/c1-26(17-16-22-24-23(29-25-22)20-10-6-3-7-11-20)30(27,28)21-14-12-19(13-15-21)18-8-4-2-5-9-18/h12-15,18,20H,2-11,16-17H2,1H3. The monoisotopic (exact) mass is 431 g/mol. The Kier molecular flexibility index (Phi) is 6.88. The molecule has 0 atom stereocenters. The Morgan fingerprint density at radius 1 is 0.933 bits per heavy atom. The molecule has 30 heavy (non-hydrogen) atoms. The lowest BCUT2D eigenvalue weighted by Crippen LogP contribution is -2.29. The van der Waals surface area contributed by atoms with Crippen LogP contribution in [0, 0.1) is 0 Å². The highest BCUT2D eigenvalue weighted by atomic mass is 32.2. The van der Waals surface area contributed by atoms with E-state index in [9.17, 15) is 8.42 Å². The molecular weight excluding hydrogens is 398 g/mol. The zero-order chi connectivity index (χ0) is 21.0. The van der Waals surface area contributed by atoms with Crippen molar-refractivity contribution in [2.45, 2.75) is 87.4 Å². The number of benzene rings is 1. The van der Waals surface area contributed by atoms with Gasteiger partial charge in [-0.15, -0.1) is 0 Å². The van der Waals surface area contributed by atoms with Gasteiger partial charge in [0, 0.05) is 25.9 Å². The highest BCUT2D eigenvalue weighted by Crippen LogP contribution is 2.33. The molecule has 0 spiro atoms. The Morgan fingerprint density at radius 2 is 1.53 bits per heavy atom. The van der Waals surface area contributed by atoms with Gasteiger partial charge < -0.3 is 4.52 Å². The molecule has 1 aromatic heterocycles. The van der Waals surface area contributed by atoms with Crippen LogP contribution in [0.5, 0.6) is 0 Å². The molecule has 0 saturated heterocycles. The topological polar surface area (TPSA) is 76.3 Å². The van der Waals surface area contributed by atoms with E-state index in [4.69, 9.17) is 4.52 Å². The largest absolute Gasteiger partial charge is 0.339 e. The summed E-state index contributed by atoms with van der Waals surface area (Å²) >= 11 is 0. The normalized spacial score (nSPS) is 19.4. The summed E-state index contributed by atoms with van der Waals surface area (Å²) in [6.07, 6.45) is 12.6. The molecule has 0 radical (unpaired) electrons.